The zero-order chi connectivity index (χ0) is 15.9. The van der Waals surface area contributed by atoms with E-state index in [1.807, 2.05) is 59.4 Å². The van der Waals surface area contributed by atoms with Crippen LogP contribution in [0.25, 0.3) is 11.1 Å². The summed E-state index contributed by atoms with van der Waals surface area (Å²) < 4.78 is 4.98. The summed E-state index contributed by atoms with van der Waals surface area (Å²) in [6.45, 7) is 0.723. The lowest BCUT2D eigenvalue weighted by Crippen LogP contribution is -1.98. The van der Waals surface area contributed by atoms with Crippen molar-refractivity contribution in [2.45, 2.75) is 25.4 Å². The van der Waals surface area contributed by atoms with Crippen molar-refractivity contribution in [3.8, 4) is 11.1 Å². The number of hydrogen-bond acceptors (Lipinski definition) is 2. The van der Waals surface area contributed by atoms with Crippen molar-refractivity contribution in [3.63, 3.8) is 0 Å². The van der Waals surface area contributed by atoms with E-state index in [9.17, 15) is 5.11 Å². The minimum atomic E-state index is -0.441. The lowest BCUT2D eigenvalue weighted by atomic mass is 9.99. The minimum Gasteiger partial charge on any atom is -0.388 e. The molecule has 0 fully saturated rings. The number of benzene rings is 2. The summed E-state index contributed by atoms with van der Waals surface area (Å²) in [4.78, 5) is 0. The van der Waals surface area contributed by atoms with Gasteiger partial charge in [0.15, 0.2) is 0 Å². The van der Waals surface area contributed by atoms with Crippen LogP contribution in [0.5, 0.6) is 0 Å². The number of unbranched alkanes of at least 4 members (excludes halogenated alkanes) is 1. The molecular weight excluding hydrogens is 434 g/mol. The fourth-order valence-electron chi connectivity index (χ4n) is 2.27. The molecule has 1 atom stereocenters. The molecule has 1 unspecified atom stereocenters. The Morgan fingerprint density at radius 3 is 2.41 bits per heavy atom. The van der Waals surface area contributed by atoms with Gasteiger partial charge in [-0.2, -0.15) is 0 Å². The molecule has 22 heavy (non-hydrogen) atoms. The van der Waals surface area contributed by atoms with E-state index in [0.29, 0.717) is 10.0 Å². The van der Waals surface area contributed by atoms with Crippen LogP contribution in [0.2, 0.25) is 10.0 Å². The van der Waals surface area contributed by atoms with E-state index in [1.165, 1.54) is 0 Å². The van der Waals surface area contributed by atoms with Gasteiger partial charge in [0.05, 0.1) is 12.7 Å². The van der Waals surface area contributed by atoms with Gasteiger partial charge in [0.1, 0.15) is 23.0 Å². The monoisotopic (exact) mass is 450 g/mol. The summed E-state index contributed by atoms with van der Waals surface area (Å²) in [6, 6.07) is 13.3. The molecule has 0 aliphatic heterocycles. The summed E-state index contributed by atoms with van der Waals surface area (Å²) >= 11 is 14.0. The molecule has 118 valence electrons. The smallest absolute Gasteiger partial charge is 0.109 e. The molecule has 0 heterocycles. The molecule has 0 saturated heterocycles. The molecule has 0 bridgehead atoms. The summed E-state index contributed by atoms with van der Waals surface area (Å²) in [5.41, 5.74) is 2.87. The lowest BCUT2D eigenvalue weighted by molar-refractivity contribution is 0.162. The largest absolute Gasteiger partial charge is 0.388 e. The van der Waals surface area contributed by atoms with Gasteiger partial charge in [-0.3, -0.25) is 0 Å². The number of hydrogen-bond donors (Lipinski definition) is 1. The van der Waals surface area contributed by atoms with Gasteiger partial charge in [0.2, 0.25) is 0 Å². The van der Waals surface area contributed by atoms with Gasteiger partial charge in [-0.05, 0) is 42.5 Å². The van der Waals surface area contributed by atoms with Gasteiger partial charge in [0.25, 0.3) is 0 Å². The molecule has 2 rings (SSSR count). The van der Waals surface area contributed by atoms with E-state index in [1.54, 1.807) is 6.07 Å². The Bertz CT molecular complexity index is 602. The highest BCUT2D eigenvalue weighted by Gasteiger charge is 2.09. The predicted octanol–water partition coefficient (Wildman–Crippen LogP) is 6.23. The lowest BCUT2D eigenvalue weighted by Gasteiger charge is -2.12. The fourth-order valence-corrected chi connectivity index (χ4v) is 3.10. The second-order valence-corrected chi connectivity index (χ2v) is 6.54. The van der Waals surface area contributed by atoms with Crippen LogP contribution in [0, 0.1) is 0 Å². The number of halogens is 3. The molecule has 5 heteroatoms. The summed E-state index contributed by atoms with van der Waals surface area (Å²) in [5.74, 6) is 0. The Morgan fingerprint density at radius 2 is 1.77 bits per heavy atom. The zero-order valence-corrected chi connectivity index (χ0v) is 15.6. The highest BCUT2D eigenvalue weighted by atomic mass is 127. The molecular formula is C17H17Cl2IO2. The van der Waals surface area contributed by atoms with Crippen LogP contribution in [0.3, 0.4) is 0 Å². The third kappa shape index (κ3) is 5.10. The zero-order valence-electron chi connectivity index (χ0n) is 11.9. The summed E-state index contributed by atoms with van der Waals surface area (Å²) in [6.07, 6.45) is 2.19. The molecule has 2 aromatic carbocycles. The second-order valence-electron chi connectivity index (χ2n) is 5.07. The van der Waals surface area contributed by atoms with Crippen LogP contribution < -0.4 is 0 Å². The standard InChI is InChI=1S/C17H17Cl2IO2/c18-14-8-9-15(16(19)11-14)12-4-6-13(7-5-12)17(21)3-1-2-10-22-20/h4-9,11,17,21H,1-3,10H2. The third-order valence-electron chi connectivity index (χ3n) is 3.49. The van der Waals surface area contributed by atoms with Crippen LogP contribution >= 0.6 is 46.2 Å². The molecule has 0 aromatic heterocycles. The Morgan fingerprint density at radius 1 is 1.05 bits per heavy atom. The van der Waals surface area contributed by atoms with Crippen molar-refractivity contribution < 1.29 is 8.17 Å². The maximum Gasteiger partial charge on any atom is 0.109 e. The maximum atomic E-state index is 10.2. The first kappa shape index (κ1) is 18.0. The summed E-state index contributed by atoms with van der Waals surface area (Å²) in [5, 5.41) is 11.4. The number of rotatable bonds is 7. The molecule has 0 amide bonds. The first-order valence-electron chi connectivity index (χ1n) is 7.09. The maximum absolute atomic E-state index is 10.2. The van der Waals surface area contributed by atoms with E-state index >= 15 is 0 Å². The Kier molecular flexibility index (Phi) is 7.44. The molecule has 0 aliphatic rings. The fraction of sp³-hybridized carbons (Fsp3) is 0.294. The quantitative estimate of drug-likeness (QED) is 0.400. The van der Waals surface area contributed by atoms with Crippen molar-refractivity contribution in [2.75, 3.05) is 6.61 Å². The Hall–Kier alpha value is -0.330. The van der Waals surface area contributed by atoms with Crippen molar-refractivity contribution in [1.82, 2.24) is 0 Å². The van der Waals surface area contributed by atoms with Crippen LogP contribution in [0.15, 0.2) is 42.5 Å². The topological polar surface area (TPSA) is 29.5 Å². The van der Waals surface area contributed by atoms with E-state index in [-0.39, 0.29) is 0 Å². The molecule has 0 radical (unpaired) electrons. The van der Waals surface area contributed by atoms with Crippen LogP contribution in [0.4, 0.5) is 0 Å². The van der Waals surface area contributed by atoms with E-state index in [4.69, 9.17) is 26.3 Å². The number of aliphatic hydroxyl groups excluding tert-OH is 1. The molecule has 0 saturated carbocycles. The second kappa shape index (κ2) is 9.08. The van der Waals surface area contributed by atoms with Crippen molar-refractivity contribution in [2.24, 2.45) is 0 Å². The molecule has 2 nitrogen and oxygen atoms in total. The highest BCUT2D eigenvalue weighted by Crippen LogP contribution is 2.31. The van der Waals surface area contributed by atoms with Crippen LogP contribution in [-0.4, -0.2) is 11.7 Å². The Labute approximate surface area is 155 Å². The van der Waals surface area contributed by atoms with Gasteiger partial charge in [-0.15, -0.1) is 0 Å². The van der Waals surface area contributed by atoms with Crippen molar-refractivity contribution in [3.05, 3.63) is 58.1 Å². The van der Waals surface area contributed by atoms with E-state index in [0.717, 1.165) is 42.6 Å². The van der Waals surface area contributed by atoms with Gasteiger partial charge in [0, 0.05) is 15.6 Å². The molecule has 2 aromatic rings. The molecule has 0 spiro atoms. The van der Waals surface area contributed by atoms with E-state index < -0.39 is 6.10 Å². The number of aliphatic hydroxyl groups is 1. The molecule has 0 aliphatic carbocycles. The Balaban J connectivity index is 2.03. The SMILES string of the molecule is OC(CCCCOI)c1ccc(-c2ccc(Cl)cc2Cl)cc1. The molecule has 1 N–H and O–H groups in total. The van der Waals surface area contributed by atoms with E-state index in [2.05, 4.69) is 0 Å². The van der Waals surface area contributed by atoms with Gasteiger partial charge in [-0.1, -0.05) is 53.5 Å². The van der Waals surface area contributed by atoms with Crippen LogP contribution in [0.1, 0.15) is 30.9 Å². The highest BCUT2D eigenvalue weighted by molar-refractivity contribution is 14.1. The van der Waals surface area contributed by atoms with Crippen molar-refractivity contribution in [1.29, 1.82) is 0 Å². The average Bonchev–Trinajstić information content (AvgIpc) is 2.52. The first-order valence-corrected chi connectivity index (χ1v) is 8.72. The van der Waals surface area contributed by atoms with Gasteiger partial charge < -0.3 is 8.17 Å². The summed E-state index contributed by atoms with van der Waals surface area (Å²) in [7, 11) is 0. The predicted molar refractivity (Wildman–Crippen MR) is 101 cm³/mol. The van der Waals surface area contributed by atoms with Crippen molar-refractivity contribution >= 4 is 46.2 Å². The average molecular weight is 451 g/mol. The van der Waals surface area contributed by atoms with Crippen LogP contribution in [-0.2, 0) is 3.07 Å². The first-order chi connectivity index (χ1) is 10.6. The minimum absolute atomic E-state index is 0.441. The van der Waals surface area contributed by atoms with Gasteiger partial charge in [-0.25, -0.2) is 0 Å². The normalized spacial score (nSPS) is 12.4. The van der Waals surface area contributed by atoms with Gasteiger partial charge >= 0.3 is 0 Å². The third-order valence-corrected chi connectivity index (χ3v) is 4.47.